The van der Waals surface area contributed by atoms with Crippen LogP contribution < -0.4 is 11.1 Å². The van der Waals surface area contributed by atoms with Gasteiger partial charge in [0.15, 0.2) is 5.96 Å². The zero-order chi connectivity index (χ0) is 14.2. The van der Waals surface area contributed by atoms with E-state index < -0.39 is 0 Å². The van der Waals surface area contributed by atoms with E-state index in [0.717, 1.165) is 45.6 Å². The van der Waals surface area contributed by atoms with Crippen molar-refractivity contribution in [2.75, 3.05) is 59.5 Å². The first-order valence-electron chi connectivity index (χ1n) is 7.80. The van der Waals surface area contributed by atoms with E-state index in [1.54, 1.807) is 0 Å². The van der Waals surface area contributed by atoms with Crippen molar-refractivity contribution in [1.29, 1.82) is 0 Å². The van der Waals surface area contributed by atoms with Gasteiger partial charge in [-0.2, -0.15) is 0 Å². The highest BCUT2D eigenvalue weighted by molar-refractivity contribution is 14.0. The summed E-state index contributed by atoms with van der Waals surface area (Å²) in [5.74, 6) is 0.549. The van der Waals surface area contributed by atoms with Gasteiger partial charge in [0, 0.05) is 32.8 Å². The topological polar surface area (TPSA) is 66.1 Å². The zero-order valence-corrected chi connectivity index (χ0v) is 15.4. The molecule has 7 heteroatoms. The summed E-state index contributed by atoms with van der Waals surface area (Å²) in [7, 11) is 2.19. The van der Waals surface area contributed by atoms with E-state index in [2.05, 4.69) is 27.2 Å². The fraction of sp³-hybridized carbons (Fsp3) is 0.929. The first-order valence-corrected chi connectivity index (χ1v) is 7.80. The van der Waals surface area contributed by atoms with Gasteiger partial charge in [-0.05, 0) is 39.4 Å². The van der Waals surface area contributed by atoms with E-state index in [1.807, 2.05) is 0 Å². The van der Waals surface area contributed by atoms with E-state index in [-0.39, 0.29) is 30.1 Å². The minimum Gasteiger partial charge on any atom is -0.376 e. The van der Waals surface area contributed by atoms with Gasteiger partial charge in [-0.25, -0.2) is 0 Å². The van der Waals surface area contributed by atoms with Gasteiger partial charge in [-0.3, -0.25) is 4.99 Å². The molecule has 2 heterocycles. The van der Waals surface area contributed by atoms with Crippen LogP contribution in [0.3, 0.4) is 0 Å². The number of nitrogens with two attached hydrogens (primary N) is 1. The molecular weight excluding hydrogens is 381 g/mol. The van der Waals surface area contributed by atoms with Crippen molar-refractivity contribution in [3.05, 3.63) is 0 Å². The van der Waals surface area contributed by atoms with Crippen molar-refractivity contribution in [3.8, 4) is 0 Å². The Bertz CT molecular complexity index is 310. The highest BCUT2D eigenvalue weighted by Crippen LogP contribution is 2.11. The highest BCUT2D eigenvalue weighted by Gasteiger charge is 2.14. The van der Waals surface area contributed by atoms with Gasteiger partial charge in [0.2, 0.25) is 0 Å². The molecule has 0 aromatic heterocycles. The fourth-order valence-corrected chi connectivity index (χ4v) is 2.71. The summed E-state index contributed by atoms with van der Waals surface area (Å²) in [5.41, 5.74) is 5.88. The minimum absolute atomic E-state index is 0. The van der Waals surface area contributed by atoms with E-state index in [1.165, 1.54) is 19.5 Å². The van der Waals surface area contributed by atoms with Crippen LogP contribution in [0.2, 0.25) is 0 Å². The third-order valence-electron chi connectivity index (χ3n) is 4.04. The number of hydrogen-bond acceptors (Lipinski definition) is 4. The minimum atomic E-state index is 0. The Balaban J connectivity index is 0.00000220. The number of halogens is 1. The Morgan fingerprint density at radius 3 is 2.90 bits per heavy atom. The molecule has 0 saturated carbocycles. The van der Waals surface area contributed by atoms with Crippen LogP contribution in [0.1, 0.15) is 19.3 Å². The second-order valence-electron chi connectivity index (χ2n) is 5.79. The third-order valence-corrected chi connectivity index (χ3v) is 4.04. The van der Waals surface area contributed by atoms with Gasteiger partial charge >= 0.3 is 0 Å². The number of ether oxygens (including phenoxy) is 1. The summed E-state index contributed by atoms with van der Waals surface area (Å²) in [6, 6.07) is 0. The van der Waals surface area contributed by atoms with Crippen LogP contribution in [-0.4, -0.2) is 81.3 Å². The van der Waals surface area contributed by atoms with Crippen LogP contribution in [0.15, 0.2) is 4.99 Å². The number of guanidine groups is 1. The predicted octanol–water partition coefficient (Wildman–Crippen LogP) is 0.325. The maximum absolute atomic E-state index is 5.88. The molecule has 21 heavy (non-hydrogen) atoms. The van der Waals surface area contributed by atoms with Crippen LogP contribution in [0.25, 0.3) is 0 Å². The van der Waals surface area contributed by atoms with Crippen LogP contribution >= 0.6 is 24.0 Å². The molecular formula is C14H30IN5O. The van der Waals surface area contributed by atoms with E-state index in [9.17, 15) is 0 Å². The lowest BCUT2D eigenvalue weighted by atomic mass is 10.2. The van der Waals surface area contributed by atoms with E-state index in [4.69, 9.17) is 10.5 Å². The molecule has 6 nitrogen and oxygen atoms in total. The number of nitrogens with one attached hydrogen (secondary N) is 1. The molecule has 0 radical (unpaired) electrons. The van der Waals surface area contributed by atoms with Gasteiger partial charge in [0.1, 0.15) is 0 Å². The lowest BCUT2D eigenvalue weighted by Gasteiger charge is -2.20. The SMILES string of the molecule is CN1CCCN(CCNC(N)=NCC2CCCO2)CC1.I. The van der Waals surface area contributed by atoms with Gasteiger partial charge in [0.05, 0.1) is 12.6 Å². The molecule has 1 atom stereocenters. The lowest BCUT2D eigenvalue weighted by molar-refractivity contribution is 0.117. The van der Waals surface area contributed by atoms with Gasteiger partial charge in [-0.15, -0.1) is 24.0 Å². The highest BCUT2D eigenvalue weighted by atomic mass is 127. The average Bonchev–Trinajstić information content (AvgIpc) is 2.87. The Hall–Kier alpha value is -0.120. The molecule has 0 bridgehead atoms. The largest absolute Gasteiger partial charge is 0.376 e. The van der Waals surface area contributed by atoms with E-state index in [0.29, 0.717) is 12.5 Å². The molecule has 2 aliphatic heterocycles. The van der Waals surface area contributed by atoms with Crippen molar-refractivity contribution in [2.45, 2.75) is 25.4 Å². The predicted molar refractivity (Wildman–Crippen MR) is 97.4 cm³/mol. The molecule has 2 saturated heterocycles. The van der Waals surface area contributed by atoms with Gasteiger partial charge in [-0.1, -0.05) is 0 Å². The third kappa shape index (κ3) is 7.62. The van der Waals surface area contributed by atoms with E-state index >= 15 is 0 Å². The normalized spacial score (nSPS) is 25.4. The smallest absolute Gasteiger partial charge is 0.188 e. The van der Waals surface area contributed by atoms with Crippen molar-refractivity contribution >= 4 is 29.9 Å². The Morgan fingerprint density at radius 1 is 1.29 bits per heavy atom. The molecule has 0 aliphatic carbocycles. The molecule has 3 N–H and O–H groups in total. The maximum atomic E-state index is 5.88. The summed E-state index contributed by atoms with van der Waals surface area (Å²) in [6.07, 6.45) is 3.78. The van der Waals surface area contributed by atoms with Crippen LogP contribution in [-0.2, 0) is 4.74 Å². The molecule has 124 valence electrons. The van der Waals surface area contributed by atoms with Crippen molar-refractivity contribution < 1.29 is 4.74 Å². The molecule has 0 spiro atoms. The first kappa shape index (κ1) is 18.9. The molecule has 0 aromatic rings. The Morgan fingerprint density at radius 2 is 2.14 bits per heavy atom. The fourth-order valence-electron chi connectivity index (χ4n) is 2.71. The van der Waals surface area contributed by atoms with Crippen LogP contribution in [0.4, 0.5) is 0 Å². The molecule has 0 aromatic carbocycles. The molecule has 2 aliphatic rings. The average molecular weight is 411 g/mol. The van der Waals surface area contributed by atoms with Gasteiger partial charge < -0.3 is 25.6 Å². The van der Waals surface area contributed by atoms with Gasteiger partial charge in [0.25, 0.3) is 0 Å². The number of likely N-dealkylation sites (N-methyl/N-ethyl adjacent to an activating group) is 1. The maximum Gasteiger partial charge on any atom is 0.188 e. The summed E-state index contributed by atoms with van der Waals surface area (Å²) in [6.45, 7) is 8.14. The standard InChI is InChI=1S/C14H29N5O.HI/c1-18-6-3-7-19(10-9-18)8-5-16-14(15)17-12-13-4-2-11-20-13;/h13H,2-12H2,1H3,(H3,15,16,17);1H. The van der Waals surface area contributed by atoms with Crippen LogP contribution in [0.5, 0.6) is 0 Å². The number of rotatable bonds is 5. The summed E-state index contributed by atoms with van der Waals surface area (Å²) >= 11 is 0. The van der Waals surface area contributed by atoms with Crippen LogP contribution in [0, 0.1) is 0 Å². The summed E-state index contributed by atoms with van der Waals surface area (Å²) in [5, 5.41) is 3.20. The number of nitrogens with zero attached hydrogens (tertiary/aromatic N) is 3. The first-order chi connectivity index (χ1) is 9.74. The molecule has 2 rings (SSSR count). The quantitative estimate of drug-likeness (QED) is 0.388. The lowest BCUT2D eigenvalue weighted by Crippen LogP contribution is -2.40. The second kappa shape index (κ2) is 10.6. The Kier molecular flexibility index (Phi) is 9.54. The Labute approximate surface area is 145 Å². The second-order valence-corrected chi connectivity index (χ2v) is 5.79. The number of aliphatic imine (C=N–C) groups is 1. The number of hydrogen-bond donors (Lipinski definition) is 2. The van der Waals surface area contributed by atoms with Crippen molar-refractivity contribution in [3.63, 3.8) is 0 Å². The van der Waals surface area contributed by atoms with Crippen molar-refractivity contribution in [2.24, 2.45) is 10.7 Å². The molecule has 0 amide bonds. The zero-order valence-electron chi connectivity index (χ0n) is 13.1. The molecule has 1 unspecified atom stereocenters. The molecule has 2 fully saturated rings. The summed E-state index contributed by atoms with van der Waals surface area (Å²) in [4.78, 5) is 9.23. The monoisotopic (exact) mass is 411 g/mol. The van der Waals surface area contributed by atoms with Crippen molar-refractivity contribution in [1.82, 2.24) is 15.1 Å². The summed E-state index contributed by atoms with van der Waals surface area (Å²) < 4.78 is 5.52.